The Balaban J connectivity index is 1.98. The van der Waals surface area contributed by atoms with Crippen LogP contribution in [0.15, 0.2) is 48.2 Å². The fraction of sp³-hybridized carbons (Fsp3) is 0.304. The van der Waals surface area contributed by atoms with Crippen LogP contribution in [0.25, 0.3) is 5.57 Å². The van der Waals surface area contributed by atoms with Crippen molar-refractivity contribution in [2.24, 2.45) is 0 Å². The second-order valence-electron chi connectivity index (χ2n) is 6.90. The molecule has 0 spiro atoms. The summed E-state index contributed by atoms with van der Waals surface area (Å²) in [6.07, 6.45) is 0.564. The molecule has 7 heteroatoms. The summed E-state index contributed by atoms with van der Waals surface area (Å²) in [4.78, 5) is 27.5. The summed E-state index contributed by atoms with van der Waals surface area (Å²) in [5, 5.41) is 3.70. The van der Waals surface area contributed by atoms with Gasteiger partial charge in [-0.15, -0.1) is 0 Å². The van der Waals surface area contributed by atoms with Crippen molar-refractivity contribution in [3.8, 4) is 5.75 Å². The average molecular weight is 429 g/mol. The van der Waals surface area contributed by atoms with Crippen LogP contribution < -0.4 is 10.1 Å². The maximum Gasteiger partial charge on any atom is 0.278 e. The van der Waals surface area contributed by atoms with Crippen LogP contribution in [0.4, 0.5) is 5.69 Å². The number of nitrogens with one attached hydrogen (secondary N) is 1. The Morgan fingerprint density at radius 1 is 1.07 bits per heavy atom. The number of carbonyl (C=O) groups excluding carboxylic acids is 2. The molecular formula is C23H25ClN2O4. The number of anilines is 1. The number of amides is 2. The first kappa shape index (κ1) is 21.9. The molecule has 0 fully saturated rings. The molecule has 1 heterocycles. The van der Waals surface area contributed by atoms with Gasteiger partial charge in [-0.2, -0.15) is 0 Å². The number of methoxy groups -OCH3 is 1. The zero-order valence-corrected chi connectivity index (χ0v) is 18.1. The predicted octanol–water partition coefficient (Wildman–Crippen LogP) is 4.28. The highest BCUT2D eigenvalue weighted by Gasteiger charge is 2.38. The topological polar surface area (TPSA) is 67.9 Å². The Hall–Kier alpha value is -2.83. The molecule has 6 nitrogen and oxygen atoms in total. The number of halogens is 1. The Kier molecular flexibility index (Phi) is 7.13. The lowest BCUT2D eigenvalue weighted by Crippen LogP contribution is -2.33. The largest absolute Gasteiger partial charge is 0.494 e. The summed E-state index contributed by atoms with van der Waals surface area (Å²) in [5.74, 6) is 0.00746. The molecule has 2 aromatic carbocycles. The van der Waals surface area contributed by atoms with Gasteiger partial charge in [0.05, 0.1) is 12.2 Å². The number of benzene rings is 2. The van der Waals surface area contributed by atoms with Crippen LogP contribution in [0.3, 0.4) is 0 Å². The maximum absolute atomic E-state index is 13.2. The molecule has 3 rings (SSSR count). The van der Waals surface area contributed by atoms with E-state index in [9.17, 15) is 9.59 Å². The number of carbonyl (C=O) groups is 2. The third-order valence-corrected chi connectivity index (χ3v) is 5.20. The van der Waals surface area contributed by atoms with Crippen LogP contribution in [-0.2, 0) is 14.3 Å². The molecule has 1 aliphatic heterocycles. The number of ether oxygens (including phenoxy) is 2. The Morgan fingerprint density at radius 2 is 1.80 bits per heavy atom. The van der Waals surface area contributed by atoms with Crippen molar-refractivity contribution in [1.82, 2.24) is 4.90 Å². The summed E-state index contributed by atoms with van der Waals surface area (Å²) < 4.78 is 10.5. The molecule has 1 aliphatic rings. The predicted molar refractivity (Wildman–Crippen MR) is 118 cm³/mol. The van der Waals surface area contributed by atoms with E-state index in [1.807, 2.05) is 26.0 Å². The molecule has 0 atom stereocenters. The van der Waals surface area contributed by atoms with Crippen molar-refractivity contribution < 1.29 is 19.1 Å². The Morgan fingerprint density at radius 3 is 2.43 bits per heavy atom. The van der Waals surface area contributed by atoms with Gasteiger partial charge in [-0.1, -0.05) is 29.8 Å². The quantitative estimate of drug-likeness (QED) is 0.477. The summed E-state index contributed by atoms with van der Waals surface area (Å²) in [7, 11) is 1.59. The number of aryl methyl sites for hydroxylation is 1. The number of nitrogens with zero attached hydrogens (tertiary/aromatic N) is 1. The first-order valence-corrected chi connectivity index (χ1v) is 10.2. The third kappa shape index (κ3) is 4.66. The lowest BCUT2D eigenvalue weighted by atomic mass is 10.0. The smallest absolute Gasteiger partial charge is 0.278 e. The van der Waals surface area contributed by atoms with E-state index in [1.165, 1.54) is 4.90 Å². The summed E-state index contributed by atoms with van der Waals surface area (Å²) in [5.41, 5.74) is 2.78. The van der Waals surface area contributed by atoms with E-state index in [1.54, 1.807) is 37.4 Å². The van der Waals surface area contributed by atoms with Crippen molar-refractivity contribution in [2.45, 2.75) is 20.3 Å². The van der Waals surface area contributed by atoms with Gasteiger partial charge in [0, 0.05) is 31.0 Å². The van der Waals surface area contributed by atoms with E-state index in [4.69, 9.17) is 21.1 Å². The van der Waals surface area contributed by atoms with Crippen LogP contribution in [0, 0.1) is 6.92 Å². The van der Waals surface area contributed by atoms with E-state index in [0.717, 1.165) is 5.56 Å². The summed E-state index contributed by atoms with van der Waals surface area (Å²) >= 11 is 6.23. The van der Waals surface area contributed by atoms with Crippen LogP contribution in [0.2, 0.25) is 5.02 Å². The van der Waals surface area contributed by atoms with Gasteiger partial charge in [-0.3, -0.25) is 14.5 Å². The monoisotopic (exact) mass is 428 g/mol. The van der Waals surface area contributed by atoms with Gasteiger partial charge < -0.3 is 14.8 Å². The summed E-state index contributed by atoms with van der Waals surface area (Å²) in [6, 6.07) is 12.6. The van der Waals surface area contributed by atoms with E-state index < -0.39 is 0 Å². The van der Waals surface area contributed by atoms with Crippen LogP contribution in [0.5, 0.6) is 5.75 Å². The van der Waals surface area contributed by atoms with Crippen molar-refractivity contribution in [3.05, 3.63) is 64.3 Å². The van der Waals surface area contributed by atoms with Crippen LogP contribution in [-0.4, -0.2) is 43.6 Å². The lowest BCUT2D eigenvalue weighted by molar-refractivity contribution is -0.136. The zero-order chi connectivity index (χ0) is 21.7. The molecule has 0 radical (unpaired) electrons. The van der Waals surface area contributed by atoms with E-state index in [0.29, 0.717) is 47.2 Å². The fourth-order valence-electron chi connectivity index (χ4n) is 3.23. The minimum absolute atomic E-state index is 0.237. The minimum atomic E-state index is -0.364. The van der Waals surface area contributed by atoms with Gasteiger partial charge in [0.1, 0.15) is 11.4 Å². The molecule has 0 saturated carbocycles. The first-order valence-electron chi connectivity index (χ1n) is 9.82. The maximum atomic E-state index is 13.2. The van der Waals surface area contributed by atoms with Gasteiger partial charge >= 0.3 is 0 Å². The molecule has 30 heavy (non-hydrogen) atoms. The second kappa shape index (κ2) is 9.78. The normalized spacial score (nSPS) is 13.9. The van der Waals surface area contributed by atoms with Gasteiger partial charge in [-0.25, -0.2) is 0 Å². The van der Waals surface area contributed by atoms with Crippen molar-refractivity contribution in [2.75, 3.05) is 32.2 Å². The highest BCUT2D eigenvalue weighted by molar-refractivity contribution is 6.36. The molecule has 0 aliphatic carbocycles. The molecular weight excluding hydrogens is 404 g/mol. The average Bonchev–Trinajstić information content (AvgIpc) is 2.96. The lowest BCUT2D eigenvalue weighted by Gasteiger charge is -2.15. The highest BCUT2D eigenvalue weighted by atomic mass is 35.5. The Bertz CT molecular complexity index is 970. The second-order valence-corrected chi connectivity index (χ2v) is 7.31. The van der Waals surface area contributed by atoms with Crippen molar-refractivity contribution >= 4 is 34.7 Å². The van der Waals surface area contributed by atoms with Gasteiger partial charge in [-0.05, 0) is 55.7 Å². The molecule has 0 saturated heterocycles. The number of hydrogen-bond donors (Lipinski definition) is 1. The van der Waals surface area contributed by atoms with E-state index in [-0.39, 0.29) is 24.1 Å². The highest BCUT2D eigenvalue weighted by Crippen LogP contribution is 2.32. The summed E-state index contributed by atoms with van der Waals surface area (Å²) in [6.45, 7) is 5.10. The van der Waals surface area contributed by atoms with Crippen LogP contribution in [0.1, 0.15) is 24.5 Å². The molecule has 0 unspecified atom stereocenters. The molecule has 2 aromatic rings. The first-order chi connectivity index (χ1) is 14.5. The van der Waals surface area contributed by atoms with Gasteiger partial charge in [0.25, 0.3) is 11.8 Å². The fourth-order valence-corrected chi connectivity index (χ4v) is 3.41. The number of hydrogen-bond acceptors (Lipinski definition) is 5. The van der Waals surface area contributed by atoms with Gasteiger partial charge in [0.15, 0.2) is 0 Å². The molecule has 1 N–H and O–H groups in total. The molecule has 0 aromatic heterocycles. The minimum Gasteiger partial charge on any atom is -0.494 e. The zero-order valence-electron chi connectivity index (χ0n) is 17.3. The SMILES string of the molecule is CCOc1ccc(C2=C(Nc3ccc(C)c(Cl)c3)C(=O)N(CCCOC)C2=O)cc1. The molecule has 158 valence electrons. The van der Waals surface area contributed by atoms with Gasteiger partial charge in [0.2, 0.25) is 0 Å². The van der Waals surface area contributed by atoms with Crippen molar-refractivity contribution in [3.63, 3.8) is 0 Å². The standard InChI is InChI=1S/C23H25ClN2O4/c1-4-30-18-10-7-16(8-11-18)20-21(25-17-9-6-15(2)19(24)14-17)23(28)26(22(20)27)12-5-13-29-3/h6-11,14,25H,4-5,12-13H2,1-3H3. The number of rotatable bonds is 9. The van der Waals surface area contributed by atoms with Crippen molar-refractivity contribution in [1.29, 1.82) is 0 Å². The third-order valence-electron chi connectivity index (χ3n) is 4.79. The van der Waals surface area contributed by atoms with Crippen LogP contribution >= 0.6 is 11.6 Å². The molecule has 0 bridgehead atoms. The number of imide groups is 1. The Labute approximate surface area is 181 Å². The van der Waals surface area contributed by atoms with E-state index >= 15 is 0 Å². The molecule has 2 amide bonds. The van der Waals surface area contributed by atoms with E-state index in [2.05, 4.69) is 5.32 Å².